The summed E-state index contributed by atoms with van der Waals surface area (Å²) in [6, 6.07) is 63.3. The molecule has 0 aliphatic carbocycles. The van der Waals surface area contributed by atoms with Crippen LogP contribution in [0.15, 0.2) is 195 Å². The topological polar surface area (TPSA) is 35.6 Å². The number of nitrogens with zero attached hydrogens (tertiary/aromatic N) is 4. The number of fused-ring (bicyclic) bond motifs is 8. The third kappa shape index (κ3) is 4.24. The molecule has 14 aromatic rings. The lowest BCUT2D eigenvalue weighted by Crippen LogP contribution is -2.00. The average Bonchev–Trinajstić information content (AvgIpc) is 3.83. The normalized spacial score (nSPS) is 12.3. The molecule has 0 atom stereocenters. The van der Waals surface area contributed by atoms with Crippen molar-refractivity contribution < 1.29 is 0 Å². The number of pyridine rings is 2. The first kappa shape index (κ1) is 31.9. The Morgan fingerprint density at radius 3 is 1.23 bits per heavy atom. The van der Waals surface area contributed by atoms with Gasteiger partial charge in [-0.2, -0.15) is 0 Å². The molecule has 60 heavy (non-hydrogen) atoms. The summed E-state index contributed by atoms with van der Waals surface area (Å²) in [5.74, 6) is 0. The zero-order valence-electron chi connectivity index (χ0n) is 32.3. The predicted octanol–water partition coefficient (Wildman–Crippen LogP) is 14.7. The van der Waals surface area contributed by atoms with Crippen LogP contribution in [0.4, 0.5) is 0 Å². The molecule has 4 aromatic heterocycles. The van der Waals surface area contributed by atoms with Crippen LogP contribution in [0, 0.1) is 0 Å². The standard InChI is InChI=1S/C56H32N4/c1-3-16-49-41(11-1)47-31-57-24-22-51(47)59(49)39-27-38(28-40(30-39)60-50-17-4-2-12-42(50)48-32-58-25-23-52(48)60)37-26-36-21-20-35-9-6-14-44-43-13-5-8-33-18-19-34-10-7-15-45(55(34)53(33)43)46(29-37)56(36)54(35)44/h1-32H. The second kappa shape index (κ2) is 11.8. The molecule has 4 nitrogen and oxygen atoms in total. The molecule has 0 radical (unpaired) electrons. The molecule has 0 aliphatic rings. The molecule has 0 saturated carbocycles. The van der Waals surface area contributed by atoms with Crippen molar-refractivity contribution >= 4 is 108 Å². The number of para-hydroxylation sites is 2. The molecule has 0 unspecified atom stereocenters. The Bertz CT molecular complexity index is 3890. The summed E-state index contributed by atoms with van der Waals surface area (Å²) in [5.41, 5.74) is 9.03. The Morgan fingerprint density at radius 2 is 0.700 bits per heavy atom. The Morgan fingerprint density at radius 1 is 0.283 bits per heavy atom. The molecule has 0 amide bonds. The number of hydrogen-bond acceptors (Lipinski definition) is 2. The lowest BCUT2D eigenvalue weighted by atomic mass is 9.86. The smallest absolute Gasteiger partial charge is 0.0571 e. The van der Waals surface area contributed by atoms with E-state index in [1.807, 2.05) is 24.8 Å². The summed E-state index contributed by atoms with van der Waals surface area (Å²) in [6.45, 7) is 0. The van der Waals surface area contributed by atoms with Crippen LogP contribution in [0.2, 0.25) is 0 Å². The lowest BCUT2D eigenvalue weighted by Gasteiger charge is -2.18. The maximum Gasteiger partial charge on any atom is 0.0571 e. The van der Waals surface area contributed by atoms with E-state index in [1.165, 1.54) is 81.0 Å². The molecule has 0 spiro atoms. The summed E-state index contributed by atoms with van der Waals surface area (Å²) in [7, 11) is 0. The molecule has 0 N–H and O–H groups in total. The van der Waals surface area contributed by atoms with Gasteiger partial charge in [0.2, 0.25) is 0 Å². The van der Waals surface area contributed by atoms with E-state index in [-0.39, 0.29) is 0 Å². The van der Waals surface area contributed by atoms with Crippen LogP contribution in [0.5, 0.6) is 0 Å². The van der Waals surface area contributed by atoms with Crippen LogP contribution < -0.4 is 0 Å². The first-order chi connectivity index (χ1) is 29.8. The van der Waals surface area contributed by atoms with Gasteiger partial charge in [0.05, 0.1) is 22.1 Å². The summed E-state index contributed by atoms with van der Waals surface area (Å²) in [5, 5.41) is 20.0. The van der Waals surface area contributed by atoms with E-state index in [1.54, 1.807) is 0 Å². The van der Waals surface area contributed by atoms with Gasteiger partial charge in [-0.3, -0.25) is 9.97 Å². The van der Waals surface area contributed by atoms with Crippen molar-refractivity contribution in [2.75, 3.05) is 0 Å². The minimum Gasteiger partial charge on any atom is -0.309 e. The number of rotatable bonds is 3. The highest BCUT2D eigenvalue weighted by atomic mass is 15.0. The monoisotopic (exact) mass is 760 g/mol. The van der Waals surface area contributed by atoms with E-state index in [0.717, 1.165) is 49.8 Å². The van der Waals surface area contributed by atoms with Crippen molar-refractivity contribution in [2.24, 2.45) is 0 Å². The second-order valence-electron chi connectivity index (χ2n) is 16.2. The fraction of sp³-hybridized carbons (Fsp3) is 0. The highest BCUT2D eigenvalue weighted by Gasteiger charge is 2.20. The van der Waals surface area contributed by atoms with Crippen LogP contribution in [-0.4, -0.2) is 19.1 Å². The van der Waals surface area contributed by atoms with Gasteiger partial charge in [-0.25, -0.2) is 0 Å². The average molecular weight is 761 g/mol. The maximum atomic E-state index is 4.57. The Kier molecular flexibility index (Phi) is 6.26. The van der Waals surface area contributed by atoms with Gasteiger partial charge in [-0.1, -0.05) is 115 Å². The third-order valence-corrected chi connectivity index (χ3v) is 13.1. The van der Waals surface area contributed by atoms with Crippen LogP contribution in [-0.2, 0) is 0 Å². The second-order valence-corrected chi connectivity index (χ2v) is 16.2. The third-order valence-electron chi connectivity index (χ3n) is 13.1. The van der Waals surface area contributed by atoms with Crippen molar-refractivity contribution in [2.45, 2.75) is 0 Å². The molecule has 0 fully saturated rings. The fourth-order valence-electron chi connectivity index (χ4n) is 10.7. The van der Waals surface area contributed by atoms with E-state index >= 15 is 0 Å². The summed E-state index contributed by atoms with van der Waals surface area (Å²) in [4.78, 5) is 9.14. The predicted molar refractivity (Wildman–Crippen MR) is 252 cm³/mol. The molecule has 276 valence electrons. The van der Waals surface area contributed by atoms with Crippen molar-refractivity contribution in [3.05, 3.63) is 195 Å². The van der Waals surface area contributed by atoms with Crippen LogP contribution in [0.3, 0.4) is 0 Å². The van der Waals surface area contributed by atoms with Gasteiger partial charge in [0.15, 0.2) is 0 Å². The van der Waals surface area contributed by atoms with Crippen molar-refractivity contribution in [3.8, 4) is 22.5 Å². The van der Waals surface area contributed by atoms with Crippen LogP contribution >= 0.6 is 0 Å². The molecule has 4 heteroatoms. The van der Waals surface area contributed by atoms with Gasteiger partial charge in [-0.15, -0.1) is 0 Å². The van der Waals surface area contributed by atoms with E-state index in [0.29, 0.717) is 0 Å². The molecule has 0 bridgehead atoms. The van der Waals surface area contributed by atoms with Crippen LogP contribution in [0.25, 0.3) is 131 Å². The van der Waals surface area contributed by atoms with Crippen LogP contribution in [0.1, 0.15) is 0 Å². The van der Waals surface area contributed by atoms with Gasteiger partial charge >= 0.3 is 0 Å². The van der Waals surface area contributed by atoms with Gasteiger partial charge in [0.1, 0.15) is 0 Å². The summed E-state index contributed by atoms with van der Waals surface area (Å²) < 4.78 is 4.82. The number of aromatic nitrogens is 4. The molecule has 14 rings (SSSR count). The van der Waals surface area contributed by atoms with Gasteiger partial charge < -0.3 is 9.13 Å². The highest BCUT2D eigenvalue weighted by Crippen LogP contribution is 2.45. The molecular formula is C56H32N4. The number of hydrogen-bond donors (Lipinski definition) is 0. The molecule has 10 aromatic carbocycles. The first-order valence-electron chi connectivity index (χ1n) is 20.5. The summed E-state index contributed by atoms with van der Waals surface area (Å²) in [6.07, 6.45) is 7.80. The van der Waals surface area contributed by atoms with Gasteiger partial charge in [0, 0.05) is 57.7 Å². The van der Waals surface area contributed by atoms with Crippen molar-refractivity contribution in [1.29, 1.82) is 0 Å². The SMILES string of the molecule is c1cc2ccc3cccc4c5cc(-c6cc(-n7c8ccccc8c8cnccc87)cc(-n7c8ccccc8c8cnccc87)c6)cc6ccc7cccc(c(c1)c2c34)c7c65. The fourth-order valence-corrected chi connectivity index (χ4v) is 10.7. The van der Waals surface area contributed by atoms with E-state index in [4.69, 9.17) is 0 Å². The quantitative estimate of drug-likeness (QED) is 0.168. The lowest BCUT2D eigenvalue weighted by molar-refractivity contribution is 1.13. The van der Waals surface area contributed by atoms with Gasteiger partial charge in [-0.05, 0) is 130 Å². The molecule has 0 saturated heterocycles. The Balaban J connectivity index is 1.16. The van der Waals surface area contributed by atoms with Crippen molar-refractivity contribution in [3.63, 3.8) is 0 Å². The van der Waals surface area contributed by atoms with E-state index < -0.39 is 0 Å². The van der Waals surface area contributed by atoms with Gasteiger partial charge in [0.25, 0.3) is 0 Å². The van der Waals surface area contributed by atoms with E-state index in [9.17, 15) is 0 Å². The zero-order chi connectivity index (χ0) is 39.1. The van der Waals surface area contributed by atoms with Crippen molar-refractivity contribution in [1.82, 2.24) is 19.1 Å². The molecular weight excluding hydrogens is 729 g/mol. The van der Waals surface area contributed by atoms with E-state index in [2.05, 4.69) is 189 Å². The minimum absolute atomic E-state index is 1.09. The summed E-state index contributed by atoms with van der Waals surface area (Å²) >= 11 is 0. The highest BCUT2D eigenvalue weighted by molar-refractivity contribution is 6.37. The zero-order valence-corrected chi connectivity index (χ0v) is 32.3. The Hall–Kier alpha value is -8.08. The minimum atomic E-state index is 1.09. The Labute approximate surface area is 343 Å². The molecule has 4 heterocycles. The largest absolute Gasteiger partial charge is 0.309 e. The first-order valence-corrected chi connectivity index (χ1v) is 20.5. The number of benzene rings is 9. The molecule has 0 aliphatic heterocycles. The maximum absolute atomic E-state index is 4.57.